The normalized spacial score (nSPS) is 11.1. The summed E-state index contributed by atoms with van der Waals surface area (Å²) in [4.78, 5) is 25.1. The number of esters is 1. The van der Waals surface area contributed by atoms with E-state index in [1.54, 1.807) is 26.0 Å². The van der Waals surface area contributed by atoms with Crippen molar-refractivity contribution in [1.29, 1.82) is 0 Å². The number of hydrogen-bond acceptors (Lipinski definition) is 4. The van der Waals surface area contributed by atoms with Crippen molar-refractivity contribution in [2.45, 2.75) is 13.8 Å². The number of aromatic carboxylic acids is 1. The molecule has 6 heteroatoms. The number of nitrogens with zero attached hydrogens (tertiary/aromatic N) is 1. The van der Waals surface area contributed by atoms with Crippen LogP contribution in [0, 0.1) is 13.8 Å². The molecule has 0 unspecified atom stereocenters. The van der Waals surface area contributed by atoms with Crippen LogP contribution in [-0.4, -0.2) is 22.2 Å². The molecule has 0 bridgehead atoms. The number of ether oxygens (including phenoxy) is 1. The topological polar surface area (TPSA) is 87.7 Å². The van der Waals surface area contributed by atoms with Crippen LogP contribution in [0.2, 0.25) is 0 Å². The first kappa shape index (κ1) is 23.1. The molecule has 0 saturated heterocycles. The Balaban J connectivity index is 1.69. The number of carbonyl (C=O) groups is 2. The molecule has 5 rings (SSSR count). The fourth-order valence-electron chi connectivity index (χ4n) is 4.70. The number of aromatic nitrogens is 1. The van der Waals surface area contributed by atoms with Gasteiger partial charge in [-0.2, -0.15) is 4.57 Å². The van der Waals surface area contributed by atoms with E-state index in [9.17, 15) is 19.8 Å². The Hall–Kier alpha value is -4.71. The number of pyridine rings is 1. The molecule has 178 valence electrons. The maximum absolute atomic E-state index is 13.7. The molecular formula is C30H24NO5+. The van der Waals surface area contributed by atoms with Crippen molar-refractivity contribution in [3.63, 3.8) is 0 Å². The van der Waals surface area contributed by atoms with E-state index in [4.69, 9.17) is 4.74 Å². The smallest absolute Gasteiger partial charge is 0.345 e. The van der Waals surface area contributed by atoms with Crippen molar-refractivity contribution >= 4 is 33.7 Å². The van der Waals surface area contributed by atoms with Gasteiger partial charge in [-0.05, 0) is 72.5 Å². The van der Waals surface area contributed by atoms with Crippen molar-refractivity contribution < 1.29 is 29.1 Å². The van der Waals surface area contributed by atoms with E-state index in [-0.39, 0.29) is 11.3 Å². The molecule has 0 aliphatic carbocycles. The lowest BCUT2D eigenvalue weighted by Crippen LogP contribution is -2.31. The van der Waals surface area contributed by atoms with Crippen molar-refractivity contribution in [2.24, 2.45) is 7.05 Å². The quantitative estimate of drug-likeness (QED) is 0.149. The van der Waals surface area contributed by atoms with E-state index < -0.39 is 11.9 Å². The average molecular weight is 479 g/mol. The van der Waals surface area contributed by atoms with Gasteiger partial charge in [0.2, 0.25) is 11.0 Å². The van der Waals surface area contributed by atoms with Crippen LogP contribution < -0.4 is 9.30 Å². The number of carbonyl (C=O) groups excluding carboxylic acids is 1. The Morgan fingerprint density at radius 2 is 1.39 bits per heavy atom. The van der Waals surface area contributed by atoms with E-state index >= 15 is 0 Å². The monoisotopic (exact) mass is 478 g/mol. The first-order valence-corrected chi connectivity index (χ1v) is 11.4. The lowest BCUT2D eigenvalue weighted by molar-refractivity contribution is -0.617. The number of fused-ring (bicyclic) bond motifs is 2. The number of aryl methyl sites for hydroxylation is 3. The molecule has 5 aromatic rings. The van der Waals surface area contributed by atoms with Gasteiger partial charge in [0.25, 0.3) is 0 Å². The Morgan fingerprint density at radius 1 is 0.778 bits per heavy atom. The van der Waals surface area contributed by atoms with Crippen molar-refractivity contribution in [2.75, 3.05) is 0 Å². The van der Waals surface area contributed by atoms with E-state index in [2.05, 4.69) is 0 Å². The summed E-state index contributed by atoms with van der Waals surface area (Å²) in [6, 6.07) is 23.5. The van der Waals surface area contributed by atoms with Crippen LogP contribution in [0.25, 0.3) is 32.9 Å². The van der Waals surface area contributed by atoms with Crippen LogP contribution in [0.4, 0.5) is 0 Å². The third-order valence-corrected chi connectivity index (χ3v) is 6.47. The standard InChI is InChI=1S/C30H23NO5/c1-17-14-21(29(33)34)15-18(2)28(17)36-30(35)27-23-6-4-5-7-25(23)31(3)26-16-20(10-13-24(26)27)19-8-11-22(32)12-9-19/h4-16H,1-3H3,(H,33,34)/p+1. The van der Waals surface area contributed by atoms with Crippen LogP contribution in [0.3, 0.4) is 0 Å². The maximum Gasteiger partial charge on any atom is 0.345 e. The average Bonchev–Trinajstić information content (AvgIpc) is 2.86. The fraction of sp³-hybridized carbons (Fsp3) is 0.100. The lowest BCUT2D eigenvalue weighted by atomic mass is 9.98. The molecule has 0 aliphatic heterocycles. The number of hydrogen-bond donors (Lipinski definition) is 2. The van der Waals surface area contributed by atoms with Gasteiger partial charge in [0.05, 0.1) is 21.9 Å². The van der Waals surface area contributed by atoms with Crippen molar-refractivity contribution in [3.05, 3.63) is 101 Å². The second-order valence-electron chi connectivity index (χ2n) is 8.86. The first-order chi connectivity index (χ1) is 17.2. The minimum atomic E-state index is -1.03. The van der Waals surface area contributed by atoms with Gasteiger partial charge >= 0.3 is 11.9 Å². The molecule has 1 aromatic heterocycles. The molecule has 0 spiro atoms. The number of para-hydroxylation sites is 1. The molecule has 2 N–H and O–H groups in total. The molecule has 36 heavy (non-hydrogen) atoms. The largest absolute Gasteiger partial charge is 0.508 e. The van der Waals surface area contributed by atoms with Crippen LogP contribution >= 0.6 is 0 Å². The summed E-state index contributed by atoms with van der Waals surface area (Å²) < 4.78 is 7.96. The Labute approximate surface area is 207 Å². The summed E-state index contributed by atoms with van der Waals surface area (Å²) in [5.41, 5.74) is 5.35. The second-order valence-corrected chi connectivity index (χ2v) is 8.86. The number of carboxylic acids is 1. The zero-order valence-corrected chi connectivity index (χ0v) is 20.1. The molecule has 4 aromatic carbocycles. The predicted octanol–water partition coefficient (Wildman–Crippen LogP) is 5.72. The molecule has 0 fully saturated rings. The van der Waals surface area contributed by atoms with Gasteiger partial charge in [0, 0.05) is 12.1 Å². The van der Waals surface area contributed by atoms with Crippen molar-refractivity contribution in [3.8, 4) is 22.6 Å². The number of phenols is 1. The van der Waals surface area contributed by atoms with Gasteiger partial charge in [0.15, 0.2) is 0 Å². The number of aromatic hydroxyl groups is 1. The van der Waals surface area contributed by atoms with Crippen molar-refractivity contribution in [1.82, 2.24) is 0 Å². The zero-order valence-electron chi connectivity index (χ0n) is 20.1. The number of carboxylic acid groups (broad SMARTS) is 1. The van der Waals surface area contributed by atoms with Gasteiger partial charge in [-0.25, -0.2) is 9.59 Å². The van der Waals surface area contributed by atoms with E-state index in [0.717, 1.165) is 32.9 Å². The van der Waals surface area contributed by atoms with E-state index in [1.165, 1.54) is 12.1 Å². The Kier molecular flexibility index (Phi) is 5.65. The molecule has 0 amide bonds. The molecule has 0 atom stereocenters. The molecule has 1 heterocycles. The number of benzene rings is 4. The van der Waals surface area contributed by atoms with E-state index in [1.807, 2.05) is 66.2 Å². The summed E-state index contributed by atoms with van der Waals surface area (Å²) in [6.45, 7) is 3.46. The maximum atomic E-state index is 13.7. The highest BCUT2D eigenvalue weighted by molar-refractivity contribution is 6.14. The highest BCUT2D eigenvalue weighted by Crippen LogP contribution is 2.32. The zero-order chi connectivity index (χ0) is 25.6. The summed E-state index contributed by atoms with van der Waals surface area (Å²) >= 11 is 0. The highest BCUT2D eigenvalue weighted by Gasteiger charge is 2.25. The molecule has 0 aliphatic rings. The van der Waals surface area contributed by atoms with Gasteiger partial charge in [-0.3, -0.25) is 0 Å². The van der Waals surface area contributed by atoms with E-state index in [0.29, 0.717) is 22.4 Å². The van der Waals surface area contributed by atoms with Crippen LogP contribution in [0.15, 0.2) is 78.9 Å². The van der Waals surface area contributed by atoms with Crippen LogP contribution in [0.1, 0.15) is 31.8 Å². The lowest BCUT2D eigenvalue weighted by Gasteiger charge is -2.14. The minimum absolute atomic E-state index is 0.147. The molecule has 0 radical (unpaired) electrons. The predicted molar refractivity (Wildman–Crippen MR) is 138 cm³/mol. The summed E-state index contributed by atoms with van der Waals surface area (Å²) in [7, 11) is 1.96. The molecule has 6 nitrogen and oxygen atoms in total. The summed E-state index contributed by atoms with van der Waals surface area (Å²) in [5.74, 6) is -0.987. The van der Waals surface area contributed by atoms with Crippen LogP contribution in [-0.2, 0) is 7.05 Å². The van der Waals surface area contributed by atoms with Gasteiger partial charge in [-0.1, -0.05) is 30.3 Å². The number of rotatable bonds is 4. The van der Waals surface area contributed by atoms with Gasteiger partial charge in [0.1, 0.15) is 18.5 Å². The Bertz CT molecular complexity index is 1660. The summed E-state index contributed by atoms with van der Waals surface area (Å²) in [5, 5.41) is 20.5. The number of phenolic OH excluding ortho intramolecular Hbond substituents is 1. The second kappa shape index (κ2) is 8.82. The fourth-order valence-corrected chi connectivity index (χ4v) is 4.70. The first-order valence-electron chi connectivity index (χ1n) is 11.4. The molecule has 0 saturated carbocycles. The SMILES string of the molecule is Cc1cc(C(=O)O)cc(C)c1OC(=O)c1c2ccccc2[n+](C)c2cc(-c3ccc(O)cc3)ccc12. The van der Waals surface area contributed by atoms with Gasteiger partial charge < -0.3 is 14.9 Å². The molecular weight excluding hydrogens is 454 g/mol. The minimum Gasteiger partial charge on any atom is -0.508 e. The highest BCUT2D eigenvalue weighted by atomic mass is 16.5. The summed E-state index contributed by atoms with van der Waals surface area (Å²) in [6.07, 6.45) is 0. The van der Waals surface area contributed by atoms with Gasteiger partial charge in [-0.15, -0.1) is 0 Å². The third kappa shape index (κ3) is 3.92. The van der Waals surface area contributed by atoms with Crippen LogP contribution in [0.5, 0.6) is 11.5 Å². The Morgan fingerprint density at radius 3 is 2.06 bits per heavy atom. The third-order valence-electron chi connectivity index (χ3n) is 6.47.